The number of allylic oxidation sites excluding steroid dienone is 1. The van der Waals surface area contributed by atoms with Crippen LogP contribution in [0.25, 0.3) is 5.57 Å². The summed E-state index contributed by atoms with van der Waals surface area (Å²) in [5.74, 6) is -0.161. The average molecular weight is 573 g/mol. The summed E-state index contributed by atoms with van der Waals surface area (Å²) in [6, 6.07) is 8.21. The number of ether oxygens (including phenoxy) is 1. The Kier molecular flexibility index (Phi) is 10.8. The Bertz CT molecular complexity index is 1120. The van der Waals surface area contributed by atoms with Crippen LogP contribution in [0, 0.1) is 0 Å². The van der Waals surface area contributed by atoms with Crippen molar-refractivity contribution < 1.29 is 23.5 Å². The third-order valence-electron chi connectivity index (χ3n) is 5.60. The highest BCUT2D eigenvalue weighted by molar-refractivity contribution is 7.10. The van der Waals surface area contributed by atoms with Crippen LogP contribution in [0.1, 0.15) is 104 Å². The molecule has 0 aliphatic heterocycles. The molecule has 1 heterocycles. The van der Waals surface area contributed by atoms with Crippen molar-refractivity contribution in [3.8, 4) is 5.75 Å². The molecule has 0 fully saturated rings. The molecule has 4 radical (unpaired) electrons. The molecule has 2 aromatic rings. The largest absolute Gasteiger partial charge is 0.488 e. The van der Waals surface area contributed by atoms with Crippen LogP contribution < -0.4 is 4.74 Å². The fraction of sp³-hybridized carbons (Fsp3) is 0.567. The van der Waals surface area contributed by atoms with Gasteiger partial charge in [-0.15, -0.1) is 11.3 Å². The molecule has 0 aliphatic carbocycles. The molecule has 1 aromatic heterocycles. The van der Waals surface area contributed by atoms with E-state index in [2.05, 4.69) is 81.4 Å². The van der Waals surface area contributed by atoms with Crippen LogP contribution in [0.4, 0.5) is 0 Å². The van der Waals surface area contributed by atoms with E-state index >= 15 is 0 Å². The molecule has 0 spiro atoms. The van der Waals surface area contributed by atoms with Crippen LogP contribution in [0.5, 0.6) is 5.75 Å². The summed E-state index contributed by atoms with van der Waals surface area (Å²) in [4.78, 5) is 12.2. The first-order valence-electron chi connectivity index (χ1n) is 13.0. The summed E-state index contributed by atoms with van der Waals surface area (Å²) >= 11 is 1.58. The van der Waals surface area contributed by atoms with Crippen molar-refractivity contribution >= 4 is 42.4 Å². The summed E-state index contributed by atoms with van der Waals surface area (Å²) in [5.41, 5.74) is 2.85. The monoisotopic (exact) mass is 572 g/mol. The molecule has 1 N–H and O–H groups in total. The molecule has 0 aliphatic rings. The third-order valence-corrected chi connectivity index (χ3v) is 8.96. The number of benzene rings is 1. The van der Waals surface area contributed by atoms with Gasteiger partial charge in [0.05, 0.1) is 11.2 Å². The molecule has 1 aromatic carbocycles. The molecule has 8 heteroatoms. The van der Waals surface area contributed by atoms with E-state index in [0.717, 1.165) is 32.9 Å². The van der Waals surface area contributed by atoms with E-state index in [-0.39, 0.29) is 10.1 Å². The van der Waals surface area contributed by atoms with Gasteiger partial charge in [-0.1, -0.05) is 54.5 Å². The van der Waals surface area contributed by atoms with Crippen molar-refractivity contribution in [1.29, 1.82) is 0 Å². The quantitative estimate of drug-likeness (QED) is 0.204. The summed E-state index contributed by atoms with van der Waals surface area (Å²) in [5, 5.41) is 11.3. The van der Waals surface area contributed by atoms with Crippen molar-refractivity contribution in [2.45, 2.75) is 110 Å². The molecule has 5 nitrogen and oxygen atoms in total. The second-order valence-electron chi connectivity index (χ2n) is 12.6. The Balaban J connectivity index is 2.36. The molecule has 0 saturated carbocycles. The lowest BCUT2D eigenvalue weighted by molar-refractivity contribution is -0.131. The number of thiophene rings is 1. The van der Waals surface area contributed by atoms with Crippen LogP contribution in [0.15, 0.2) is 35.7 Å². The van der Waals surface area contributed by atoms with Gasteiger partial charge in [-0.2, -0.15) is 0 Å². The lowest BCUT2D eigenvalue weighted by Crippen LogP contribution is -2.34. The van der Waals surface area contributed by atoms with Crippen LogP contribution >= 0.6 is 11.3 Å². The van der Waals surface area contributed by atoms with Crippen molar-refractivity contribution in [2.75, 3.05) is 0 Å². The van der Waals surface area contributed by atoms with Crippen LogP contribution in [-0.4, -0.2) is 30.6 Å². The maximum atomic E-state index is 11.1. The number of carboxylic acids is 1. The van der Waals surface area contributed by atoms with Gasteiger partial charge in [-0.05, 0) is 90.0 Å². The van der Waals surface area contributed by atoms with Crippen LogP contribution in [-0.2, 0) is 31.5 Å². The molecule has 208 valence electrons. The second-order valence-corrected chi connectivity index (χ2v) is 17.4. The lowest BCUT2D eigenvalue weighted by atomic mass is 9.85. The number of aliphatic carboxylic acids is 1. The van der Waals surface area contributed by atoms with Gasteiger partial charge in [-0.3, -0.25) is 0 Å². The predicted molar refractivity (Wildman–Crippen MR) is 160 cm³/mol. The zero-order chi connectivity index (χ0) is 28.9. The Morgan fingerprint density at radius 2 is 1.45 bits per heavy atom. The van der Waals surface area contributed by atoms with Crippen molar-refractivity contribution in [2.24, 2.45) is 0 Å². The molecular formula is C30H44O5SSi2. The molecule has 2 rings (SSSR count). The van der Waals surface area contributed by atoms with Gasteiger partial charge in [0.15, 0.2) is 0 Å². The standard InChI is InChI=1S/C30H44O5SSi2/c1-12-20(16-26(31)32)21-15-23(36-19-21)18-33-22-13-14-24(29(8,9)34-37-27(2,3)4)25(17-22)30(10,11)35-38-28(5,6)7/h13-17,19H,12,18H2,1-11H3,(H,31,32). The smallest absolute Gasteiger partial charge is 0.328 e. The number of hydrogen-bond donors (Lipinski definition) is 1. The van der Waals surface area contributed by atoms with Gasteiger partial charge in [0.1, 0.15) is 12.4 Å². The molecule has 0 atom stereocenters. The normalized spacial score (nSPS) is 13.6. The van der Waals surface area contributed by atoms with Gasteiger partial charge in [-0.25, -0.2) is 4.79 Å². The van der Waals surface area contributed by atoms with Crippen LogP contribution in [0.3, 0.4) is 0 Å². The van der Waals surface area contributed by atoms with Gasteiger partial charge in [0, 0.05) is 11.0 Å². The molecular weight excluding hydrogens is 529 g/mol. The molecule has 0 amide bonds. The van der Waals surface area contributed by atoms with Crippen molar-refractivity contribution in [3.05, 3.63) is 57.3 Å². The van der Waals surface area contributed by atoms with Crippen LogP contribution in [0.2, 0.25) is 10.1 Å². The first-order valence-corrected chi connectivity index (χ1v) is 15.7. The number of carbonyl (C=O) groups is 1. The van der Waals surface area contributed by atoms with E-state index < -0.39 is 17.2 Å². The molecule has 0 bridgehead atoms. The highest BCUT2D eigenvalue weighted by Crippen LogP contribution is 2.40. The minimum absolute atomic E-state index is 0.0640. The van der Waals surface area contributed by atoms with E-state index in [1.54, 1.807) is 11.3 Å². The molecule has 0 unspecified atom stereocenters. The Labute approximate surface area is 238 Å². The fourth-order valence-corrected chi connectivity index (χ4v) is 5.79. The number of carboxylic acid groups (broad SMARTS) is 1. The van der Waals surface area contributed by atoms with E-state index in [0.29, 0.717) is 32.6 Å². The number of hydrogen-bond acceptors (Lipinski definition) is 5. The molecule has 0 saturated heterocycles. The highest BCUT2D eigenvalue weighted by Gasteiger charge is 2.34. The zero-order valence-electron chi connectivity index (χ0n) is 24.9. The minimum Gasteiger partial charge on any atom is -0.488 e. The fourth-order valence-electron chi connectivity index (χ4n) is 3.63. The summed E-state index contributed by atoms with van der Waals surface area (Å²) in [6.45, 7) is 24.0. The zero-order valence-corrected chi connectivity index (χ0v) is 27.7. The van der Waals surface area contributed by atoms with E-state index in [4.69, 9.17) is 18.7 Å². The van der Waals surface area contributed by atoms with Gasteiger partial charge < -0.3 is 18.7 Å². The third kappa shape index (κ3) is 10.1. The minimum atomic E-state index is -0.926. The highest BCUT2D eigenvalue weighted by atomic mass is 32.1. The summed E-state index contributed by atoms with van der Waals surface area (Å²) in [6.07, 6.45) is 1.94. The van der Waals surface area contributed by atoms with Gasteiger partial charge >= 0.3 is 5.97 Å². The number of rotatable bonds is 12. The van der Waals surface area contributed by atoms with Crippen molar-refractivity contribution in [1.82, 2.24) is 0 Å². The van der Waals surface area contributed by atoms with E-state index in [9.17, 15) is 4.79 Å². The second kappa shape index (κ2) is 12.6. The van der Waals surface area contributed by atoms with Gasteiger partial charge in [0.2, 0.25) is 19.5 Å². The van der Waals surface area contributed by atoms with E-state index in [1.165, 1.54) is 6.08 Å². The van der Waals surface area contributed by atoms with Crippen molar-refractivity contribution in [3.63, 3.8) is 0 Å². The summed E-state index contributed by atoms with van der Waals surface area (Å²) < 4.78 is 19.2. The Morgan fingerprint density at radius 3 is 1.95 bits per heavy atom. The first-order chi connectivity index (χ1) is 17.3. The maximum absolute atomic E-state index is 11.1. The predicted octanol–water partition coefficient (Wildman–Crippen LogP) is 8.38. The molecule has 38 heavy (non-hydrogen) atoms. The topological polar surface area (TPSA) is 65.0 Å². The van der Waals surface area contributed by atoms with E-state index in [1.807, 2.05) is 24.4 Å². The lowest BCUT2D eigenvalue weighted by Gasteiger charge is -2.37. The maximum Gasteiger partial charge on any atom is 0.328 e. The van der Waals surface area contributed by atoms with Gasteiger partial charge in [0.25, 0.3) is 0 Å². The SMILES string of the molecule is CCC(=CC(=O)O)c1csc(COc2ccc(C(C)(C)O[Si]C(C)(C)C)c(C(C)(C)O[Si]C(C)(C)C)c2)c1. The summed E-state index contributed by atoms with van der Waals surface area (Å²) in [7, 11) is 0.695. The first kappa shape index (κ1) is 32.5. The Hall–Kier alpha value is -1.72. The Morgan fingerprint density at radius 1 is 0.895 bits per heavy atom. The average Bonchev–Trinajstić information content (AvgIpc) is 3.26.